The number of aliphatic hydroxyl groups is 1. The van der Waals surface area contributed by atoms with Crippen molar-refractivity contribution in [3.63, 3.8) is 0 Å². The quantitative estimate of drug-likeness (QED) is 0.636. The minimum atomic E-state index is -4.15. The van der Waals surface area contributed by atoms with E-state index in [2.05, 4.69) is 4.52 Å². The van der Waals surface area contributed by atoms with Crippen LogP contribution < -0.4 is 0 Å². The first-order chi connectivity index (χ1) is 4.37. The van der Waals surface area contributed by atoms with Gasteiger partial charge in [0.05, 0.1) is 0 Å². The third-order valence-corrected chi connectivity index (χ3v) is 3.87. The Kier molecular flexibility index (Phi) is 3.14. The van der Waals surface area contributed by atoms with E-state index >= 15 is 0 Å². The van der Waals surface area contributed by atoms with Crippen molar-refractivity contribution in [2.75, 3.05) is 7.11 Å². The minimum Gasteiger partial charge on any atom is -0.368 e. The van der Waals surface area contributed by atoms with Crippen LogP contribution in [-0.2, 0) is 13.7 Å². The highest BCUT2D eigenvalue weighted by Crippen LogP contribution is 2.58. The van der Waals surface area contributed by atoms with Crippen LogP contribution in [0.2, 0.25) is 0 Å². The van der Waals surface area contributed by atoms with Gasteiger partial charge in [0.2, 0.25) is 13.5 Å². The van der Waals surface area contributed by atoms with E-state index < -0.39 is 21.1 Å². The first-order valence-electron chi connectivity index (χ1n) is 2.33. The fourth-order valence-electron chi connectivity index (χ4n) is 0.225. The smallest absolute Gasteiger partial charge is 0.368 e. The van der Waals surface area contributed by atoms with E-state index in [9.17, 15) is 9.13 Å². The van der Waals surface area contributed by atoms with Crippen LogP contribution in [0.3, 0.4) is 0 Å². The van der Waals surface area contributed by atoms with Gasteiger partial charge in [-0.25, -0.2) is 0 Å². The van der Waals surface area contributed by atoms with Gasteiger partial charge in [-0.3, -0.25) is 9.13 Å². The fourth-order valence-corrected chi connectivity index (χ4v) is 1.23. The number of hydrogen-bond donors (Lipinski definition) is 2. The monoisotopic (exact) mass is 186 g/mol. The Labute approximate surface area is 59.8 Å². The van der Waals surface area contributed by atoms with Crippen LogP contribution in [0.1, 0.15) is 6.92 Å². The minimum absolute atomic E-state index is 0.832. The van der Waals surface area contributed by atoms with Gasteiger partial charge >= 0.3 is 7.60 Å². The molecule has 0 saturated carbocycles. The highest BCUT2D eigenvalue weighted by atomic mass is 31.2. The van der Waals surface area contributed by atoms with Crippen LogP contribution in [0.5, 0.6) is 0 Å². The van der Waals surface area contributed by atoms with E-state index in [1.54, 1.807) is 0 Å². The summed E-state index contributed by atoms with van der Waals surface area (Å²) in [5.41, 5.74) is 0. The predicted molar refractivity (Wildman–Crippen MR) is 35.1 cm³/mol. The Morgan fingerprint density at radius 2 is 2.10 bits per heavy atom. The van der Waals surface area contributed by atoms with Crippen molar-refractivity contribution in [3.05, 3.63) is 0 Å². The number of rotatable bonds is 3. The zero-order valence-electron chi connectivity index (χ0n) is 5.51. The summed E-state index contributed by atoms with van der Waals surface area (Å²) in [5, 5.41) is 6.68. The lowest BCUT2D eigenvalue weighted by Crippen LogP contribution is -2.16. The molecule has 0 amide bonds. The summed E-state index contributed by atoms with van der Waals surface area (Å²) in [6.45, 7) is 0.950. The maximum Gasteiger partial charge on any atom is 0.370 e. The molecular formula is C3H8O5P2. The molecule has 0 fully saturated rings. The lowest BCUT2D eigenvalue weighted by molar-refractivity contribution is 0.172. The Morgan fingerprint density at radius 1 is 1.70 bits per heavy atom. The van der Waals surface area contributed by atoms with Gasteiger partial charge in [-0.05, 0) is 6.92 Å². The summed E-state index contributed by atoms with van der Waals surface area (Å²) in [4.78, 5) is 8.73. The van der Waals surface area contributed by atoms with Crippen molar-refractivity contribution in [2.24, 2.45) is 0 Å². The molecule has 0 aliphatic heterocycles. The second-order valence-corrected chi connectivity index (χ2v) is 5.45. The molecule has 0 aliphatic carbocycles. The van der Waals surface area contributed by atoms with Crippen molar-refractivity contribution in [1.29, 1.82) is 0 Å². The second-order valence-electron chi connectivity index (χ2n) is 1.77. The van der Waals surface area contributed by atoms with Gasteiger partial charge in [0.15, 0.2) is 0 Å². The Balaban J connectivity index is 4.62. The normalized spacial score (nSPS) is 23.6. The summed E-state index contributed by atoms with van der Waals surface area (Å²) < 4.78 is 24.8. The zero-order valence-corrected chi connectivity index (χ0v) is 7.30. The third-order valence-electron chi connectivity index (χ3n) is 0.956. The van der Waals surface area contributed by atoms with Crippen LogP contribution in [0.25, 0.3) is 0 Å². The summed E-state index contributed by atoms with van der Waals surface area (Å²) in [7, 11) is -4.02. The topological polar surface area (TPSA) is 83.8 Å². The molecule has 0 aromatic rings. The zero-order chi connectivity index (χ0) is 8.41. The molecule has 7 heteroatoms. The molecule has 60 valence electrons. The summed E-state index contributed by atoms with van der Waals surface area (Å²) in [6.07, 6.45) is 0. The maximum absolute atomic E-state index is 10.7. The molecule has 0 aromatic carbocycles. The van der Waals surface area contributed by atoms with E-state index in [1.165, 1.54) is 0 Å². The van der Waals surface area contributed by atoms with Gasteiger partial charge in [-0.15, -0.1) is 0 Å². The Bertz CT molecular complexity index is 176. The highest BCUT2D eigenvalue weighted by molar-refractivity contribution is 7.63. The Morgan fingerprint density at radius 3 is 2.20 bits per heavy atom. The van der Waals surface area contributed by atoms with E-state index in [1.807, 2.05) is 0 Å². The first kappa shape index (κ1) is 10.2. The molecule has 0 aliphatic rings. The molecule has 0 rings (SSSR count). The van der Waals surface area contributed by atoms with Gasteiger partial charge in [0.25, 0.3) is 0 Å². The Hall–Kier alpha value is 0.210. The van der Waals surface area contributed by atoms with Crippen molar-refractivity contribution in [2.45, 2.75) is 12.0 Å². The van der Waals surface area contributed by atoms with Crippen LogP contribution in [-0.4, -0.2) is 22.2 Å². The lowest BCUT2D eigenvalue weighted by Gasteiger charge is -2.18. The molecule has 0 spiro atoms. The van der Waals surface area contributed by atoms with Crippen molar-refractivity contribution < 1.29 is 23.7 Å². The lowest BCUT2D eigenvalue weighted by atomic mass is 10.9. The average molecular weight is 186 g/mol. The second kappa shape index (κ2) is 3.07. The molecule has 5 nitrogen and oxygen atoms in total. The molecule has 0 bridgehead atoms. The average Bonchev–Trinajstić information content (AvgIpc) is 1.88. The van der Waals surface area contributed by atoms with Gasteiger partial charge in [0.1, 0.15) is 0 Å². The van der Waals surface area contributed by atoms with Crippen molar-refractivity contribution in [3.8, 4) is 0 Å². The van der Waals surface area contributed by atoms with Crippen LogP contribution in [0.15, 0.2) is 0 Å². The molecule has 2 atom stereocenters. The standard InChI is InChI=1S/C3H8O5P2/c1-3(4,9-5)10(6,7)8-2/h4H,1-2H3,(H,6,7). The fraction of sp³-hybridized carbons (Fsp3) is 1.00. The summed E-state index contributed by atoms with van der Waals surface area (Å²) in [6, 6.07) is 0. The summed E-state index contributed by atoms with van der Waals surface area (Å²) >= 11 is 0. The van der Waals surface area contributed by atoms with Gasteiger partial charge in [-0.2, -0.15) is 0 Å². The third kappa shape index (κ3) is 1.84. The van der Waals surface area contributed by atoms with E-state index in [4.69, 9.17) is 10.00 Å². The van der Waals surface area contributed by atoms with Crippen molar-refractivity contribution in [1.82, 2.24) is 0 Å². The molecule has 0 heterocycles. The van der Waals surface area contributed by atoms with Gasteiger partial charge < -0.3 is 14.5 Å². The van der Waals surface area contributed by atoms with Crippen molar-refractivity contribution >= 4 is 16.1 Å². The van der Waals surface area contributed by atoms with E-state index in [0.717, 1.165) is 14.0 Å². The maximum atomic E-state index is 10.7. The number of hydrogen-bond acceptors (Lipinski definition) is 4. The molecule has 2 unspecified atom stereocenters. The van der Waals surface area contributed by atoms with E-state index in [0.29, 0.717) is 0 Å². The van der Waals surface area contributed by atoms with Gasteiger partial charge in [-0.1, -0.05) is 0 Å². The van der Waals surface area contributed by atoms with Gasteiger partial charge in [0, 0.05) is 7.11 Å². The SMILES string of the molecule is COP(=O)(O)C(C)(O)P=O. The predicted octanol–water partition coefficient (Wildman–Crippen LogP) is 0.776. The summed E-state index contributed by atoms with van der Waals surface area (Å²) in [5.74, 6) is 0. The van der Waals surface area contributed by atoms with E-state index in [-0.39, 0.29) is 0 Å². The largest absolute Gasteiger partial charge is 0.370 e. The molecule has 2 N–H and O–H groups in total. The molecule has 0 aromatic heterocycles. The van der Waals surface area contributed by atoms with Crippen LogP contribution in [0, 0.1) is 0 Å². The molecule has 10 heavy (non-hydrogen) atoms. The molecular weight excluding hydrogens is 178 g/mol. The molecule has 0 radical (unpaired) electrons. The van der Waals surface area contributed by atoms with Crippen LogP contribution >= 0.6 is 16.1 Å². The van der Waals surface area contributed by atoms with Crippen LogP contribution in [0.4, 0.5) is 0 Å². The highest BCUT2D eigenvalue weighted by Gasteiger charge is 2.43. The molecule has 0 saturated heterocycles. The first-order valence-corrected chi connectivity index (χ1v) is 4.72.